The lowest BCUT2D eigenvalue weighted by molar-refractivity contribution is -0.116. The van der Waals surface area contributed by atoms with Crippen molar-refractivity contribution in [1.29, 1.82) is 0 Å². The number of nitrogens with zero attached hydrogens (tertiary/aromatic N) is 1. The fourth-order valence-electron chi connectivity index (χ4n) is 2.45. The molecule has 0 aliphatic rings. The number of hydrogen-bond acceptors (Lipinski definition) is 3. The number of aryl methyl sites for hydroxylation is 2. The van der Waals surface area contributed by atoms with E-state index in [1.165, 1.54) is 5.56 Å². The third-order valence-electron chi connectivity index (χ3n) is 3.85. The van der Waals surface area contributed by atoms with Gasteiger partial charge in [0.2, 0.25) is 5.91 Å². The van der Waals surface area contributed by atoms with Crippen LogP contribution in [0, 0.1) is 6.92 Å². The molecule has 0 atom stereocenters. The Kier molecular flexibility index (Phi) is 5.42. The second-order valence-electron chi connectivity index (χ2n) is 5.96. The first-order chi connectivity index (χ1) is 12.2. The lowest BCUT2D eigenvalue weighted by Gasteiger charge is -2.08. The molecule has 0 fully saturated rings. The number of carbonyl (C=O) groups is 1. The maximum absolute atomic E-state index is 12.0. The summed E-state index contributed by atoms with van der Waals surface area (Å²) in [6.07, 6.45) is 2.84. The zero-order chi connectivity index (χ0) is 17.5. The molecule has 0 aliphatic carbocycles. The molecule has 4 heteroatoms. The van der Waals surface area contributed by atoms with E-state index in [-0.39, 0.29) is 5.91 Å². The molecule has 1 heterocycles. The van der Waals surface area contributed by atoms with E-state index in [0.717, 1.165) is 23.5 Å². The monoisotopic (exact) mass is 331 g/mol. The zero-order valence-electron chi connectivity index (χ0n) is 14.2. The van der Waals surface area contributed by atoms with Crippen molar-refractivity contribution in [3.05, 3.63) is 84.1 Å². The first-order valence-electron chi connectivity index (χ1n) is 8.32. The van der Waals surface area contributed by atoms with Crippen LogP contribution in [0.2, 0.25) is 0 Å². The standard InChI is InChI=1S/C21H21N3O/c1-16-7-10-18(11-8-16)23-20-13-12-19(15-22-20)24-21(25)14-9-17-5-3-2-4-6-17/h2-8,10-13,15H,9,14H2,1H3,(H,22,23)(H,24,25). The molecule has 0 spiro atoms. The predicted octanol–water partition coefficient (Wildman–Crippen LogP) is 4.70. The second-order valence-corrected chi connectivity index (χ2v) is 5.96. The van der Waals surface area contributed by atoms with Gasteiger partial charge in [0.15, 0.2) is 0 Å². The Hall–Kier alpha value is -3.14. The van der Waals surface area contributed by atoms with Crippen molar-refractivity contribution in [3.8, 4) is 0 Å². The molecule has 0 saturated heterocycles. The number of aromatic nitrogens is 1. The number of amides is 1. The molecule has 0 aliphatic heterocycles. The van der Waals surface area contributed by atoms with Crippen molar-refractivity contribution in [2.45, 2.75) is 19.8 Å². The van der Waals surface area contributed by atoms with E-state index in [4.69, 9.17) is 0 Å². The summed E-state index contributed by atoms with van der Waals surface area (Å²) in [5, 5.41) is 6.12. The van der Waals surface area contributed by atoms with E-state index in [0.29, 0.717) is 12.1 Å². The van der Waals surface area contributed by atoms with E-state index in [1.807, 2.05) is 66.7 Å². The Morgan fingerprint density at radius 2 is 1.64 bits per heavy atom. The minimum Gasteiger partial charge on any atom is -0.340 e. The van der Waals surface area contributed by atoms with Gasteiger partial charge in [-0.25, -0.2) is 4.98 Å². The maximum atomic E-state index is 12.0. The third kappa shape index (κ3) is 5.18. The molecular weight excluding hydrogens is 310 g/mol. The molecule has 2 aromatic carbocycles. The van der Waals surface area contributed by atoms with Gasteiger partial charge in [0.05, 0.1) is 11.9 Å². The highest BCUT2D eigenvalue weighted by atomic mass is 16.1. The quantitative estimate of drug-likeness (QED) is 0.688. The van der Waals surface area contributed by atoms with Crippen molar-refractivity contribution in [2.24, 2.45) is 0 Å². The Bertz CT molecular complexity index is 812. The Labute approximate surface area is 147 Å². The molecule has 1 aromatic heterocycles. The van der Waals surface area contributed by atoms with Gasteiger partial charge in [-0.3, -0.25) is 4.79 Å². The third-order valence-corrected chi connectivity index (χ3v) is 3.85. The Balaban J connectivity index is 1.51. The number of benzene rings is 2. The first kappa shape index (κ1) is 16.7. The topological polar surface area (TPSA) is 54.0 Å². The Morgan fingerprint density at radius 3 is 2.32 bits per heavy atom. The fraction of sp³-hybridized carbons (Fsp3) is 0.143. The summed E-state index contributed by atoms with van der Waals surface area (Å²) in [6.45, 7) is 2.05. The van der Waals surface area contributed by atoms with Gasteiger partial charge in [-0.1, -0.05) is 48.0 Å². The van der Waals surface area contributed by atoms with Crippen LogP contribution < -0.4 is 10.6 Å². The average Bonchev–Trinajstić information content (AvgIpc) is 2.64. The summed E-state index contributed by atoms with van der Waals surface area (Å²) < 4.78 is 0. The van der Waals surface area contributed by atoms with Crippen molar-refractivity contribution < 1.29 is 4.79 Å². The fourth-order valence-corrected chi connectivity index (χ4v) is 2.45. The molecule has 25 heavy (non-hydrogen) atoms. The SMILES string of the molecule is Cc1ccc(Nc2ccc(NC(=O)CCc3ccccc3)cn2)cc1. The van der Waals surface area contributed by atoms with Gasteiger partial charge < -0.3 is 10.6 Å². The highest BCUT2D eigenvalue weighted by Crippen LogP contribution is 2.17. The molecule has 0 bridgehead atoms. The molecule has 3 aromatic rings. The maximum Gasteiger partial charge on any atom is 0.224 e. The van der Waals surface area contributed by atoms with Crippen LogP contribution in [-0.2, 0) is 11.2 Å². The van der Waals surface area contributed by atoms with Crippen molar-refractivity contribution in [2.75, 3.05) is 10.6 Å². The molecule has 0 saturated carbocycles. The lowest BCUT2D eigenvalue weighted by Crippen LogP contribution is -2.12. The summed E-state index contributed by atoms with van der Waals surface area (Å²) in [6, 6.07) is 21.8. The number of carbonyl (C=O) groups excluding carboxylic acids is 1. The number of rotatable bonds is 6. The largest absolute Gasteiger partial charge is 0.340 e. The van der Waals surface area contributed by atoms with Gasteiger partial charge in [0.25, 0.3) is 0 Å². The van der Waals surface area contributed by atoms with Crippen LogP contribution in [0.5, 0.6) is 0 Å². The molecule has 2 N–H and O–H groups in total. The number of anilines is 3. The van der Waals surface area contributed by atoms with Gasteiger partial charge >= 0.3 is 0 Å². The van der Waals surface area contributed by atoms with Crippen LogP contribution in [0.15, 0.2) is 72.9 Å². The van der Waals surface area contributed by atoms with Crippen LogP contribution >= 0.6 is 0 Å². The summed E-state index contributed by atoms with van der Waals surface area (Å²) in [7, 11) is 0. The van der Waals surface area contributed by atoms with Gasteiger partial charge in [0, 0.05) is 12.1 Å². The van der Waals surface area contributed by atoms with Crippen molar-refractivity contribution in [1.82, 2.24) is 4.98 Å². The second kappa shape index (κ2) is 8.11. The van der Waals surface area contributed by atoms with Crippen LogP contribution in [0.3, 0.4) is 0 Å². The smallest absolute Gasteiger partial charge is 0.224 e. The molecule has 3 rings (SSSR count). The molecular formula is C21H21N3O. The highest BCUT2D eigenvalue weighted by Gasteiger charge is 2.04. The minimum absolute atomic E-state index is 0.00935. The normalized spacial score (nSPS) is 10.3. The summed E-state index contributed by atoms with van der Waals surface area (Å²) in [5.74, 6) is 0.732. The van der Waals surface area contributed by atoms with Gasteiger partial charge in [-0.05, 0) is 43.2 Å². The van der Waals surface area contributed by atoms with E-state index < -0.39 is 0 Å². The summed E-state index contributed by atoms with van der Waals surface area (Å²) in [4.78, 5) is 16.4. The molecule has 0 radical (unpaired) electrons. The van der Waals surface area contributed by atoms with Gasteiger partial charge in [0.1, 0.15) is 5.82 Å². The number of pyridine rings is 1. The number of nitrogens with one attached hydrogen (secondary N) is 2. The van der Waals surface area contributed by atoms with Crippen LogP contribution in [0.4, 0.5) is 17.2 Å². The minimum atomic E-state index is -0.00935. The van der Waals surface area contributed by atoms with Crippen molar-refractivity contribution in [3.63, 3.8) is 0 Å². The molecule has 0 unspecified atom stereocenters. The highest BCUT2D eigenvalue weighted by molar-refractivity contribution is 5.90. The summed E-state index contributed by atoms with van der Waals surface area (Å²) >= 11 is 0. The number of hydrogen-bond donors (Lipinski definition) is 2. The van der Waals surface area contributed by atoms with E-state index >= 15 is 0 Å². The van der Waals surface area contributed by atoms with Gasteiger partial charge in [-0.2, -0.15) is 0 Å². The Morgan fingerprint density at radius 1 is 0.920 bits per heavy atom. The van der Waals surface area contributed by atoms with Gasteiger partial charge in [-0.15, -0.1) is 0 Å². The zero-order valence-corrected chi connectivity index (χ0v) is 14.2. The van der Waals surface area contributed by atoms with E-state index in [9.17, 15) is 4.79 Å². The lowest BCUT2D eigenvalue weighted by atomic mass is 10.1. The molecule has 126 valence electrons. The first-order valence-corrected chi connectivity index (χ1v) is 8.32. The molecule has 1 amide bonds. The van der Waals surface area contributed by atoms with Crippen LogP contribution in [-0.4, -0.2) is 10.9 Å². The average molecular weight is 331 g/mol. The van der Waals surface area contributed by atoms with E-state index in [1.54, 1.807) is 6.20 Å². The molecule has 4 nitrogen and oxygen atoms in total. The van der Waals surface area contributed by atoms with Crippen LogP contribution in [0.25, 0.3) is 0 Å². The van der Waals surface area contributed by atoms with E-state index in [2.05, 4.69) is 22.5 Å². The predicted molar refractivity (Wildman–Crippen MR) is 102 cm³/mol. The van der Waals surface area contributed by atoms with Crippen molar-refractivity contribution >= 4 is 23.1 Å². The summed E-state index contributed by atoms with van der Waals surface area (Å²) in [5.41, 5.74) is 4.06. The van der Waals surface area contributed by atoms with Crippen LogP contribution in [0.1, 0.15) is 17.5 Å².